The lowest BCUT2D eigenvalue weighted by atomic mass is 9.79. The summed E-state index contributed by atoms with van der Waals surface area (Å²) in [6.07, 6.45) is 2.01. The first-order valence-electron chi connectivity index (χ1n) is 11.6. The summed E-state index contributed by atoms with van der Waals surface area (Å²) in [5, 5.41) is 3.05. The van der Waals surface area contributed by atoms with E-state index in [1.165, 1.54) is 14.2 Å². The molecule has 8 heteroatoms. The number of hydrogen-bond acceptors (Lipinski definition) is 6. The van der Waals surface area contributed by atoms with Crippen LogP contribution in [0.15, 0.2) is 65.6 Å². The molecule has 0 saturated heterocycles. The van der Waals surface area contributed by atoms with E-state index in [1.807, 2.05) is 55.6 Å². The predicted octanol–water partition coefficient (Wildman–Crippen LogP) is 5.37. The largest absolute Gasteiger partial charge is 0.493 e. The Morgan fingerprint density at radius 1 is 1.00 bits per heavy atom. The summed E-state index contributed by atoms with van der Waals surface area (Å²) < 4.78 is 16.7. The number of fused-ring (bicyclic) bond motifs is 1. The molecule has 0 radical (unpaired) electrons. The van der Waals surface area contributed by atoms with E-state index in [4.69, 9.17) is 14.2 Å². The monoisotopic (exact) mass is 506 g/mol. The van der Waals surface area contributed by atoms with Crippen molar-refractivity contribution in [2.45, 2.75) is 23.8 Å². The van der Waals surface area contributed by atoms with Crippen molar-refractivity contribution < 1.29 is 23.8 Å². The van der Waals surface area contributed by atoms with Crippen molar-refractivity contribution in [1.82, 2.24) is 4.90 Å². The van der Waals surface area contributed by atoms with Gasteiger partial charge in [-0.2, -0.15) is 0 Å². The SMILES string of the molecule is CCOc1ccccc1NC(=O)[C@@H]1c2cc(OC)c(OC)cc2C(=O)N(C)[C@H]1c1ccc(SC)cc1. The molecule has 2 atom stereocenters. The van der Waals surface area contributed by atoms with E-state index in [0.29, 0.717) is 40.7 Å². The Balaban J connectivity index is 1.86. The number of hydrogen-bond donors (Lipinski definition) is 1. The normalized spacial score (nSPS) is 16.8. The average molecular weight is 507 g/mol. The van der Waals surface area contributed by atoms with E-state index in [-0.39, 0.29) is 11.8 Å². The molecule has 188 valence electrons. The van der Waals surface area contributed by atoms with Gasteiger partial charge in [-0.05, 0) is 60.7 Å². The molecule has 0 spiro atoms. The van der Waals surface area contributed by atoms with E-state index in [2.05, 4.69) is 5.32 Å². The first-order chi connectivity index (χ1) is 17.4. The van der Waals surface area contributed by atoms with Crippen LogP contribution < -0.4 is 19.5 Å². The molecule has 1 heterocycles. The van der Waals surface area contributed by atoms with Gasteiger partial charge in [-0.25, -0.2) is 0 Å². The van der Waals surface area contributed by atoms with Gasteiger partial charge in [0.05, 0.1) is 38.5 Å². The molecule has 0 unspecified atom stereocenters. The molecule has 0 saturated carbocycles. The van der Waals surface area contributed by atoms with E-state index >= 15 is 0 Å². The molecule has 0 aromatic heterocycles. The van der Waals surface area contributed by atoms with Crippen molar-refractivity contribution in [2.24, 2.45) is 0 Å². The lowest BCUT2D eigenvalue weighted by Crippen LogP contribution is -2.44. The zero-order valence-corrected chi connectivity index (χ0v) is 21.8. The number of ether oxygens (including phenoxy) is 3. The highest BCUT2D eigenvalue weighted by molar-refractivity contribution is 7.98. The lowest BCUT2D eigenvalue weighted by Gasteiger charge is -2.40. The summed E-state index contributed by atoms with van der Waals surface area (Å²) in [7, 11) is 4.78. The second-order valence-electron chi connectivity index (χ2n) is 8.32. The zero-order valence-electron chi connectivity index (χ0n) is 21.0. The second kappa shape index (κ2) is 11.0. The highest BCUT2D eigenvalue weighted by atomic mass is 32.2. The molecular formula is C28H30N2O5S. The number of amides is 2. The maximum atomic E-state index is 14.0. The number of nitrogens with one attached hydrogen (secondary N) is 1. The van der Waals surface area contributed by atoms with Gasteiger partial charge in [0.15, 0.2) is 11.5 Å². The van der Waals surface area contributed by atoms with Crippen molar-refractivity contribution in [3.8, 4) is 17.2 Å². The minimum atomic E-state index is -0.711. The van der Waals surface area contributed by atoms with Gasteiger partial charge >= 0.3 is 0 Å². The van der Waals surface area contributed by atoms with Crippen LogP contribution in [-0.2, 0) is 4.79 Å². The fraction of sp³-hybridized carbons (Fsp3) is 0.286. The van der Waals surface area contributed by atoms with Crippen LogP contribution in [0.1, 0.15) is 40.4 Å². The Bertz CT molecular complexity index is 1260. The Hall–Kier alpha value is -3.65. The maximum Gasteiger partial charge on any atom is 0.254 e. The van der Waals surface area contributed by atoms with E-state index in [9.17, 15) is 9.59 Å². The quantitative estimate of drug-likeness (QED) is 0.414. The highest BCUT2D eigenvalue weighted by Gasteiger charge is 2.43. The molecule has 2 amide bonds. The maximum absolute atomic E-state index is 14.0. The number of nitrogens with zero attached hydrogens (tertiary/aromatic N) is 1. The summed E-state index contributed by atoms with van der Waals surface area (Å²) in [6.45, 7) is 2.36. The highest BCUT2D eigenvalue weighted by Crippen LogP contribution is 2.46. The number of carbonyl (C=O) groups excluding carboxylic acids is 2. The zero-order chi connectivity index (χ0) is 25.8. The molecule has 1 N–H and O–H groups in total. The van der Waals surface area contributed by atoms with Crippen molar-refractivity contribution >= 4 is 29.3 Å². The minimum absolute atomic E-state index is 0.191. The van der Waals surface area contributed by atoms with Crippen LogP contribution in [-0.4, -0.2) is 50.8 Å². The van der Waals surface area contributed by atoms with Crippen molar-refractivity contribution in [3.63, 3.8) is 0 Å². The molecule has 7 nitrogen and oxygen atoms in total. The number of methoxy groups -OCH3 is 2. The Morgan fingerprint density at radius 2 is 1.67 bits per heavy atom. The van der Waals surface area contributed by atoms with Crippen LogP contribution in [0, 0.1) is 0 Å². The van der Waals surface area contributed by atoms with Crippen LogP contribution in [0.3, 0.4) is 0 Å². The second-order valence-corrected chi connectivity index (χ2v) is 9.20. The van der Waals surface area contributed by atoms with Crippen LogP contribution in [0.4, 0.5) is 5.69 Å². The van der Waals surface area contributed by atoms with Crippen molar-refractivity contribution in [1.29, 1.82) is 0 Å². The molecule has 0 bridgehead atoms. The fourth-order valence-electron chi connectivity index (χ4n) is 4.61. The third-order valence-corrected chi connectivity index (χ3v) is 7.10. The third-order valence-electron chi connectivity index (χ3n) is 6.36. The summed E-state index contributed by atoms with van der Waals surface area (Å²) in [4.78, 5) is 30.3. The summed E-state index contributed by atoms with van der Waals surface area (Å²) in [5.41, 5.74) is 2.43. The Labute approximate surface area is 215 Å². The Morgan fingerprint density at radius 3 is 2.31 bits per heavy atom. The summed E-state index contributed by atoms with van der Waals surface area (Å²) in [5.74, 6) is 0.316. The summed E-state index contributed by atoms with van der Waals surface area (Å²) >= 11 is 1.63. The topological polar surface area (TPSA) is 77.1 Å². The van der Waals surface area contributed by atoms with Gasteiger partial charge in [0.1, 0.15) is 5.75 Å². The lowest BCUT2D eigenvalue weighted by molar-refractivity contribution is -0.119. The number of benzene rings is 3. The Kier molecular flexibility index (Phi) is 7.74. The van der Waals surface area contributed by atoms with Gasteiger partial charge in [-0.1, -0.05) is 24.3 Å². The molecule has 3 aromatic rings. The van der Waals surface area contributed by atoms with Gasteiger partial charge < -0.3 is 24.4 Å². The number of likely N-dealkylation sites (N-methyl/N-ethyl adjacent to an activating group) is 1. The molecule has 4 rings (SSSR count). The van der Waals surface area contributed by atoms with Gasteiger partial charge in [0.25, 0.3) is 5.91 Å². The number of anilines is 1. The van der Waals surface area contributed by atoms with E-state index < -0.39 is 12.0 Å². The molecular weight excluding hydrogens is 476 g/mol. The van der Waals surface area contributed by atoms with Crippen LogP contribution in [0.25, 0.3) is 0 Å². The third kappa shape index (κ3) is 4.73. The van der Waals surface area contributed by atoms with Crippen LogP contribution in [0.5, 0.6) is 17.2 Å². The number of para-hydroxylation sites is 2. The van der Waals surface area contributed by atoms with Crippen molar-refractivity contribution in [3.05, 3.63) is 77.4 Å². The van der Waals surface area contributed by atoms with E-state index in [0.717, 1.165) is 10.5 Å². The van der Waals surface area contributed by atoms with Gasteiger partial charge in [-0.15, -0.1) is 11.8 Å². The summed E-state index contributed by atoms with van der Waals surface area (Å²) in [6, 6.07) is 18.1. The molecule has 1 aliphatic heterocycles. The molecule has 0 aliphatic carbocycles. The van der Waals surface area contributed by atoms with E-state index in [1.54, 1.807) is 41.9 Å². The van der Waals surface area contributed by atoms with Gasteiger partial charge in [0, 0.05) is 17.5 Å². The van der Waals surface area contributed by atoms with Gasteiger partial charge in [-0.3, -0.25) is 9.59 Å². The van der Waals surface area contributed by atoms with Gasteiger partial charge in [0.2, 0.25) is 5.91 Å². The number of carbonyl (C=O) groups is 2. The first-order valence-corrected chi connectivity index (χ1v) is 12.9. The van der Waals surface area contributed by atoms with Crippen LogP contribution >= 0.6 is 11.8 Å². The molecule has 36 heavy (non-hydrogen) atoms. The fourth-order valence-corrected chi connectivity index (χ4v) is 5.02. The standard InChI is InChI=1S/C28H30N2O5S/c1-6-35-22-10-8-7-9-21(22)29-27(31)25-19-15-23(33-3)24(34-4)16-20(19)28(32)30(2)26(25)17-11-13-18(36-5)14-12-17/h7-16,25-26H,6H2,1-5H3,(H,29,31)/t25-,26+/m1/s1. The average Bonchev–Trinajstić information content (AvgIpc) is 2.91. The predicted molar refractivity (Wildman–Crippen MR) is 142 cm³/mol. The van der Waals surface area contributed by atoms with Crippen LogP contribution in [0.2, 0.25) is 0 Å². The first kappa shape index (κ1) is 25.4. The van der Waals surface area contributed by atoms with Crippen molar-refractivity contribution in [2.75, 3.05) is 39.4 Å². The minimum Gasteiger partial charge on any atom is -0.493 e. The molecule has 0 fully saturated rings. The smallest absolute Gasteiger partial charge is 0.254 e. The molecule has 1 aliphatic rings. The number of rotatable bonds is 8. The molecule has 3 aromatic carbocycles. The number of thioether (sulfide) groups is 1.